The van der Waals surface area contributed by atoms with Gasteiger partial charge in [0.15, 0.2) is 0 Å². The Balaban J connectivity index is 2.91. The van der Waals surface area contributed by atoms with Crippen LogP contribution in [0.4, 0.5) is 19.3 Å². The summed E-state index contributed by atoms with van der Waals surface area (Å²) in [7, 11) is 0. The molecule has 0 radical (unpaired) electrons. The van der Waals surface area contributed by atoms with Crippen molar-refractivity contribution in [2.24, 2.45) is 0 Å². The second-order valence-corrected chi connectivity index (χ2v) is 5.03. The van der Waals surface area contributed by atoms with Crippen LogP contribution in [0.15, 0.2) is 18.2 Å². The van der Waals surface area contributed by atoms with E-state index in [4.69, 9.17) is 4.74 Å². The largest absolute Gasteiger partial charge is 0.444 e. The smallest absolute Gasteiger partial charge is 0.412 e. The maximum absolute atomic E-state index is 13.1. The van der Waals surface area contributed by atoms with E-state index in [9.17, 15) is 18.7 Å². The molecule has 0 aliphatic carbocycles. The first-order valence-electron chi connectivity index (χ1n) is 5.76. The molecule has 19 heavy (non-hydrogen) atoms. The second-order valence-electron chi connectivity index (χ2n) is 5.03. The Bertz CT molecular complexity index is 458. The minimum Gasteiger partial charge on any atom is -0.444 e. The van der Waals surface area contributed by atoms with Crippen molar-refractivity contribution in [1.82, 2.24) is 0 Å². The van der Waals surface area contributed by atoms with Crippen LogP contribution in [0, 0.1) is 5.82 Å². The van der Waals surface area contributed by atoms with Crippen molar-refractivity contribution in [1.29, 1.82) is 0 Å². The number of carbonyl (C=O) groups is 1. The van der Waals surface area contributed by atoms with Gasteiger partial charge in [0.2, 0.25) is 0 Å². The quantitative estimate of drug-likeness (QED) is 0.889. The highest BCUT2D eigenvalue weighted by Gasteiger charge is 2.19. The van der Waals surface area contributed by atoms with Crippen molar-refractivity contribution < 1.29 is 23.4 Å². The Hall–Kier alpha value is -1.69. The number of benzene rings is 1. The number of rotatable bonds is 3. The van der Waals surface area contributed by atoms with Crippen molar-refractivity contribution in [3.8, 4) is 0 Å². The molecule has 0 fully saturated rings. The van der Waals surface area contributed by atoms with Gasteiger partial charge >= 0.3 is 6.09 Å². The molecule has 0 saturated carbocycles. The standard InChI is InChI=1S/C13H17F2NO3/c1-13(2,3)19-12(18)16-10-5-4-8(15)6-9(10)11(17)7-14/h4-6,11,17H,7H2,1-3H3,(H,16,18). The van der Waals surface area contributed by atoms with Gasteiger partial charge in [-0.3, -0.25) is 5.32 Å². The molecule has 1 unspecified atom stereocenters. The highest BCUT2D eigenvalue weighted by molar-refractivity contribution is 5.86. The minimum atomic E-state index is -1.50. The van der Waals surface area contributed by atoms with Crippen molar-refractivity contribution in [3.05, 3.63) is 29.6 Å². The third-order valence-electron chi connectivity index (χ3n) is 2.15. The third-order valence-corrected chi connectivity index (χ3v) is 2.15. The summed E-state index contributed by atoms with van der Waals surface area (Å²) in [5.41, 5.74) is -0.614. The lowest BCUT2D eigenvalue weighted by molar-refractivity contribution is 0.0635. The highest BCUT2D eigenvalue weighted by atomic mass is 19.1. The van der Waals surface area contributed by atoms with Gasteiger partial charge in [-0.15, -0.1) is 0 Å². The van der Waals surface area contributed by atoms with Crippen LogP contribution < -0.4 is 5.32 Å². The molecule has 6 heteroatoms. The lowest BCUT2D eigenvalue weighted by atomic mass is 10.1. The molecule has 1 amide bonds. The molecular formula is C13H17F2NO3. The second kappa shape index (κ2) is 5.97. The zero-order chi connectivity index (χ0) is 14.6. The molecule has 0 aromatic heterocycles. The molecule has 0 saturated heterocycles. The zero-order valence-corrected chi connectivity index (χ0v) is 11.0. The van der Waals surface area contributed by atoms with Gasteiger partial charge in [0.1, 0.15) is 24.2 Å². The summed E-state index contributed by atoms with van der Waals surface area (Å²) in [5.74, 6) is -0.628. The maximum atomic E-state index is 13.1. The average Bonchev–Trinajstić information content (AvgIpc) is 2.28. The SMILES string of the molecule is CC(C)(C)OC(=O)Nc1ccc(F)cc1C(O)CF. The van der Waals surface area contributed by atoms with Crippen LogP contribution in [0.25, 0.3) is 0 Å². The number of hydrogen-bond donors (Lipinski definition) is 2. The number of anilines is 1. The van der Waals surface area contributed by atoms with Crippen LogP contribution in [-0.4, -0.2) is 23.5 Å². The molecule has 0 heterocycles. The third kappa shape index (κ3) is 4.82. The number of ether oxygens (including phenoxy) is 1. The van der Waals surface area contributed by atoms with Crippen LogP contribution in [0.3, 0.4) is 0 Å². The molecular weight excluding hydrogens is 256 g/mol. The first kappa shape index (κ1) is 15.4. The summed E-state index contributed by atoms with van der Waals surface area (Å²) in [4.78, 5) is 11.6. The highest BCUT2D eigenvalue weighted by Crippen LogP contribution is 2.25. The summed E-state index contributed by atoms with van der Waals surface area (Å²) in [6.07, 6.45) is -2.26. The van der Waals surface area contributed by atoms with Crippen molar-refractivity contribution in [2.75, 3.05) is 12.0 Å². The van der Waals surface area contributed by atoms with Crippen LogP contribution in [-0.2, 0) is 4.74 Å². The summed E-state index contributed by atoms with van der Waals surface area (Å²) in [6, 6.07) is 3.31. The number of halogens is 2. The topological polar surface area (TPSA) is 58.6 Å². The number of aliphatic hydroxyl groups excluding tert-OH is 1. The van der Waals surface area contributed by atoms with Crippen LogP contribution in [0.2, 0.25) is 0 Å². The van der Waals surface area contributed by atoms with Crippen molar-refractivity contribution >= 4 is 11.8 Å². The molecule has 1 aromatic rings. The van der Waals surface area contributed by atoms with Gasteiger partial charge in [-0.25, -0.2) is 13.6 Å². The molecule has 106 valence electrons. The Labute approximate surface area is 110 Å². The van der Waals surface area contributed by atoms with E-state index in [0.717, 1.165) is 12.1 Å². The van der Waals surface area contributed by atoms with Crippen LogP contribution in [0.5, 0.6) is 0 Å². The number of aliphatic hydroxyl groups is 1. The predicted octanol–water partition coefficient (Wildman–Crippen LogP) is 3.18. The van der Waals surface area contributed by atoms with Gasteiger partial charge in [-0.05, 0) is 39.0 Å². The average molecular weight is 273 g/mol. The van der Waals surface area contributed by atoms with E-state index >= 15 is 0 Å². The van der Waals surface area contributed by atoms with E-state index < -0.39 is 30.3 Å². The fourth-order valence-corrected chi connectivity index (χ4v) is 1.42. The Morgan fingerprint density at radius 3 is 2.63 bits per heavy atom. The molecule has 0 bridgehead atoms. The van der Waals surface area contributed by atoms with E-state index in [1.54, 1.807) is 20.8 Å². The summed E-state index contributed by atoms with van der Waals surface area (Å²) in [5, 5.41) is 11.8. The van der Waals surface area contributed by atoms with Crippen LogP contribution in [0.1, 0.15) is 32.4 Å². The maximum Gasteiger partial charge on any atom is 0.412 e. The van der Waals surface area contributed by atoms with E-state index in [0.29, 0.717) is 0 Å². The van der Waals surface area contributed by atoms with Gasteiger partial charge < -0.3 is 9.84 Å². The van der Waals surface area contributed by atoms with Gasteiger partial charge in [-0.2, -0.15) is 0 Å². The lowest BCUT2D eigenvalue weighted by Gasteiger charge is -2.21. The minimum absolute atomic E-state index is 0.0339. The van der Waals surface area contributed by atoms with E-state index in [2.05, 4.69) is 5.32 Å². The monoisotopic (exact) mass is 273 g/mol. The van der Waals surface area contributed by atoms with Gasteiger partial charge in [-0.1, -0.05) is 0 Å². The fraction of sp³-hybridized carbons (Fsp3) is 0.462. The Morgan fingerprint density at radius 2 is 2.11 bits per heavy atom. The van der Waals surface area contributed by atoms with Gasteiger partial charge in [0.25, 0.3) is 0 Å². The summed E-state index contributed by atoms with van der Waals surface area (Å²) >= 11 is 0. The van der Waals surface area contributed by atoms with Gasteiger partial charge in [0, 0.05) is 5.56 Å². The molecule has 4 nitrogen and oxygen atoms in total. The number of nitrogens with one attached hydrogen (secondary N) is 1. The van der Waals surface area contributed by atoms with Crippen molar-refractivity contribution in [2.45, 2.75) is 32.5 Å². The van der Waals surface area contributed by atoms with E-state index in [-0.39, 0.29) is 11.3 Å². The van der Waals surface area contributed by atoms with Crippen molar-refractivity contribution in [3.63, 3.8) is 0 Å². The number of alkyl halides is 1. The summed E-state index contributed by atoms with van der Waals surface area (Å²) in [6.45, 7) is 3.99. The molecule has 0 aliphatic rings. The summed E-state index contributed by atoms with van der Waals surface area (Å²) < 4.78 is 30.6. The van der Waals surface area contributed by atoms with Gasteiger partial charge in [0.05, 0.1) is 5.69 Å². The molecule has 1 atom stereocenters. The molecule has 1 rings (SSSR count). The first-order valence-corrected chi connectivity index (χ1v) is 5.76. The fourth-order valence-electron chi connectivity index (χ4n) is 1.42. The molecule has 0 aliphatic heterocycles. The zero-order valence-electron chi connectivity index (χ0n) is 11.0. The Kier molecular flexibility index (Phi) is 4.83. The predicted molar refractivity (Wildman–Crippen MR) is 67.2 cm³/mol. The Morgan fingerprint density at radius 1 is 1.47 bits per heavy atom. The normalized spacial score (nSPS) is 12.9. The number of hydrogen-bond acceptors (Lipinski definition) is 3. The van der Waals surface area contributed by atoms with Crippen LogP contribution >= 0.6 is 0 Å². The first-order chi connectivity index (χ1) is 8.73. The number of amides is 1. The molecule has 2 N–H and O–H groups in total. The lowest BCUT2D eigenvalue weighted by Crippen LogP contribution is -2.27. The molecule has 0 spiro atoms. The van der Waals surface area contributed by atoms with E-state index in [1.165, 1.54) is 6.07 Å². The van der Waals surface area contributed by atoms with E-state index in [1.807, 2.05) is 0 Å². The molecule has 1 aromatic carbocycles. The number of carbonyl (C=O) groups excluding carboxylic acids is 1.